The molecule has 1 amide bonds. The molecule has 0 spiro atoms. The number of rotatable bonds is 4. The Bertz CT molecular complexity index is 949. The zero-order chi connectivity index (χ0) is 22.1. The minimum Gasteiger partial charge on any atom is -0.364 e. The van der Waals surface area contributed by atoms with Gasteiger partial charge in [0.15, 0.2) is 0 Å². The molecule has 1 saturated heterocycles. The van der Waals surface area contributed by atoms with Gasteiger partial charge in [0.2, 0.25) is 5.82 Å². The third kappa shape index (κ3) is 4.50. The number of piperidine rings is 1. The van der Waals surface area contributed by atoms with Crippen LogP contribution < -0.4 is 10.2 Å². The number of benzene rings is 2. The van der Waals surface area contributed by atoms with E-state index in [0.717, 1.165) is 18.2 Å². The first-order chi connectivity index (χ1) is 14.1. The summed E-state index contributed by atoms with van der Waals surface area (Å²) in [7, 11) is 0. The van der Waals surface area contributed by atoms with E-state index in [9.17, 15) is 36.9 Å². The molecule has 2 unspecified atom stereocenters. The van der Waals surface area contributed by atoms with Crippen molar-refractivity contribution in [2.75, 3.05) is 18.0 Å². The second-order valence-electron chi connectivity index (χ2n) is 6.84. The summed E-state index contributed by atoms with van der Waals surface area (Å²) in [5, 5.41) is 13.2. The number of nitro benzene ring substituents is 1. The van der Waals surface area contributed by atoms with Crippen molar-refractivity contribution in [2.45, 2.75) is 24.6 Å². The lowest BCUT2D eigenvalue weighted by atomic mass is 9.85. The van der Waals surface area contributed by atoms with Crippen molar-refractivity contribution in [3.05, 3.63) is 69.8 Å². The largest absolute Gasteiger partial charge is 0.471 e. The minimum absolute atomic E-state index is 0.0937. The molecule has 30 heavy (non-hydrogen) atoms. The van der Waals surface area contributed by atoms with Crippen LogP contribution in [-0.4, -0.2) is 36.1 Å². The Morgan fingerprint density at radius 1 is 1.13 bits per heavy atom. The fraction of sp³-hybridized carbons (Fsp3) is 0.316. The predicted molar refractivity (Wildman–Crippen MR) is 97.0 cm³/mol. The van der Waals surface area contributed by atoms with Crippen molar-refractivity contribution >= 4 is 17.3 Å². The molecule has 0 saturated carbocycles. The molecule has 6 nitrogen and oxygen atoms in total. The van der Waals surface area contributed by atoms with Gasteiger partial charge in [0, 0.05) is 19.0 Å². The smallest absolute Gasteiger partial charge is 0.364 e. The number of para-hydroxylation sites is 1. The fourth-order valence-electron chi connectivity index (χ4n) is 3.62. The van der Waals surface area contributed by atoms with Crippen LogP contribution in [0.25, 0.3) is 0 Å². The minimum atomic E-state index is -5.12. The summed E-state index contributed by atoms with van der Waals surface area (Å²) >= 11 is 0. The zero-order valence-electron chi connectivity index (χ0n) is 15.3. The molecule has 11 heteroatoms. The molecule has 1 heterocycles. The van der Waals surface area contributed by atoms with Crippen LogP contribution in [0.1, 0.15) is 17.9 Å². The lowest BCUT2D eigenvalue weighted by Crippen LogP contribution is -2.54. The molecule has 0 aromatic heterocycles. The zero-order valence-corrected chi connectivity index (χ0v) is 15.3. The lowest BCUT2D eigenvalue weighted by molar-refractivity contribution is -0.386. The number of amides is 1. The number of anilines is 1. The monoisotopic (exact) mass is 429 g/mol. The van der Waals surface area contributed by atoms with Gasteiger partial charge in [0.05, 0.1) is 11.0 Å². The van der Waals surface area contributed by atoms with Gasteiger partial charge in [-0.1, -0.05) is 18.2 Å². The molecule has 0 bridgehead atoms. The number of carbonyl (C=O) groups is 1. The van der Waals surface area contributed by atoms with Gasteiger partial charge in [0.1, 0.15) is 11.5 Å². The number of nitrogens with one attached hydrogen (secondary N) is 1. The molecule has 1 aliphatic heterocycles. The van der Waals surface area contributed by atoms with Crippen LogP contribution >= 0.6 is 0 Å². The summed E-state index contributed by atoms with van der Waals surface area (Å²) in [6, 6.07) is 7.50. The third-order valence-corrected chi connectivity index (χ3v) is 4.97. The van der Waals surface area contributed by atoms with Crippen molar-refractivity contribution in [2.24, 2.45) is 0 Å². The Labute approximate surface area is 167 Å². The van der Waals surface area contributed by atoms with Gasteiger partial charge in [0.25, 0.3) is 0 Å². The van der Waals surface area contributed by atoms with E-state index in [-0.39, 0.29) is 25.2 Å². The number of carbonyl (C=O) groups excluding carboxylic acids is 1. The van der Waals surface area contributed by atoms with E-state index in [0.29, 0.717) is 5.56 Å². The van der Waals surface area contributed by atoms with E-state index in [1.165, 1.54) is 29.2 Å². The standard InChI is InChI=1S/C19H16F5N3O3/c20-12-6-4-11(5-7-12)13-8-9-26(10-15(13)25-18(28)19(22,23)24)16-3-1-2-14(21)17(16)27(29)30/h1-7,13,15H,8-10H2,(H,25,28). The van der Waals surface area contributed by atoms with Crippen LogP contribution in [0.4, 0.5) is 33.3 Å². The maximum atomic E-state index is 14.0. The van der Waals surface area contributed by atoms with Crippen LogP contribution in [0, 0.1) is 21.7 Å². The van der Waals surface area contributed by atoms with Gasteiger partial charge >= 0.3 is 17.8 Å². The second kappa shape index (κ2) is 8.25. The maximum Gasteiger partial charge on any atom is 0.471 e. The average Bonchev–Trinajstić information content (AvgIpc) is 2.67. The van der Waals surface area contributed by atoms with Crippen molar-refractivity contribution < 1.29 is 31.7 Å². The van der Waals surface area contributed by atoms with Gasteiger partial charge in [-0.3, -0.25) is 14.9 Å². The van der Waals surface area contributed by atoms with Crippen LogP contribution in [0.3, 0.4) is 0 Å². The summed E-state index contributed by atoms with van der Waals surface area (Å²) in [6.45, 7) is -0.0706. The highest BCUT2D eigenvalue weighted by Crippen LogP contribution is 2.36. The molecule has 1 N–H and O–H groups in total. The normalized spacial score (nSPS) is 19.4. The summed E-state index contributed by atoms with van der Waals surface area (Å²) in [4.78, 5) is 23.3. The average molecular weight is 429 g/mol. The molecule has 160 valence electrons. The molecular weight excluding hydrogens is 413 g/mol. The molecule has 2 aromatic rings. The molecule has 0 radical (unpaired) electrons. The van der Waals surface area contributed by atoms with Crippen molar-refractivity contribution in [3.8, 4) is 0 Å². The van der Waals surface area contributed by atoms with E-state index in [2.05, 4.69) is 0 Å². The predicted octanol–water partition coefficient (Wildman–Crippen LogP) is 3.91. The van der Waals surface area contributed by atoms with Crippen LogP contribution in [0.5, 0.6) is 0 Å². The second-order valence-corrected chi connectivity index (χ2v) is 6.84. The van der Waals surface area contributed by atoms with Crippen LogP contribution in [-0.2, 0) is 4.79 Å². The SMILES string of the molecule is O=C(NC1CN(c2cccc(F)c2[N+](=O)[O-])CCC1c1ccc(F)cc1)C(F)(F)F. The highest BCUT2D eigenvalue weighted by molar-refractivity contribution is 5.82. The highest BCUT2D eigenvalue weighted by Gasteiger charge is 2.42. The van der Waals surface area contributed by atoms with Gasteiger partial charge in [-0.05, 0) is 36.2 Å². The van der Waals surface area contributed by atoms with Gasteiger partial charge in [-0.2, -0.15) is 17.6 Å². The third-order valence-electron chi connectivity index (χ3n) is 4.97. The first-order valence-corrected chi connectivity index (χ1v) is 8.89. The quantitative estimate of drug-likeness (QED) is 0.454. The number of nitrogens with zero attached hydrogens (tertiary/aromatic N) is 2. The molecule has 2 aromatic carbocycles. The Balaban J connectivity index is 1.94. The van der Waals surface area contributed by atoms with Crippen LogP contribution in [0.15, 0.2) is 42.5 Å². The van der Waals surface area contributed by atoms with Gasteiger partial charge in [-0.25, -0.2) is 4.39 Å². The van der Waals surface area contributed by atoms with E-state index in [1.54, 1.807) is 0 Å². The van der Waals surface area contributed by atoms with Gasteiger partial charge in [-0.15, -0.1) is 0 Å². The Kier molecular flexibility index (Phi) is 5.90. The summed E-state index contributed by atoms with van der Waals surface area (Å²) in [5.74, 6) is -4.35. The van der Waals surface area contributed by atoms with E-state index < -0.39 is 46.3 Å². The number of alkyl halides is 3. The Morgan fingerprint density at radius 3 is 2.40 bits per heavy atom. The first-order valence-electron chi connectivity index (χ1n) is 8.89. The van der Waals surface area contributed by atoms with Crippen molar-refractivity contribution in [1.29, 1.82) is 0 Å². The van der Waals surface area contributed by atoms with E-state index >= 15 is 0 Å². The van der Waals surface area contributed by atoms with Crippen molar-refractivity contribution in [1.82, 2.24) is 5.32 Å². The molecule has 2 atom stereocenters. The number of hydrogen-bond acceptors (Lipinski definition) is 4. The summed E-state index contributed by atoms with van der Waals surface area (Å²) in [6.07, 6.45) is -4.93. The number of nitro groups is 1. The van der Waals surface area contributed by atoms with Gasteiger partial charge < -0.3 is 10.2 Å². The van der Waals surface area contributed by atoms with Crippen molar-refractivity contribution in [3.63, 3.8) is 0 Å². The molecule has 1 fully saturated rings. The van der Waals surface area contributed by atoms with Crippen LogP contribution in [0.2, 0.25) is 0 Å². The first kappa shape index (κ1) is 21.5. The van der Waals surface area contributed by atoms with E-state index in [1.807, 2.05) is 5.32 Å². The molecule has 3 rings (SSSR count). The maximum absolute atomic E-state index is 14.0. The fourth-order valence-corrected chi connectivity index (χ4v) is 3.62. The molecule has 0 aliphatic carbocycles. The Morgan fingerprint density at radius 2 is 1.80 bits per heavy atom. The highest BCUT2D eigenvalue weighted by atomic mass is 19.4. The lowest BCUT2D eigenvalue weighted by Gasteiger charge is -2.40. The number of halogens is 5. The summed E-state index contributed by atoms with van der Waals surface area (Å²) < 4.78 is 65.7. The molecule has 1 aliphatic rings. The summed E-state index contributed by atoms with van der Waals surface area (Å²) in [5.41, 5.74) is -0.375. The number of hydrogen-bond donors (Lipinski definition) is 1. The Hall–Kier alpha value is -3.24. The molecular formula is C19H16F5N3O3. The topological polar surface area (TPSA) is 75.5 Å². The van der Waals surface area contributed by atoms with E-state index in [4.69, 9.17) is 0 Å².